The summed E-state index contributed by atoms with van der Waals surface area (Å²) in [5, 5.41) is 12.4. The van der Waals surface area contributed by atoms with Crippen molar-refractivity contribution in [3.05, 3.63) is 89.5 Å². The van der Waals surface area contributed by atoms with E-state index in [1.54, 1.807) is 19.1 Å². The van der Waals surface area contributed by atoms with E-state index in [9.17, 15) is 8.42 Å². The van der Waals surface area contributed by atoms with Gasteiger partial charge in [-0.25, -0.2) is 13.4 Å². The second-order valence-corrected chi connectivity index (χ2v) is 9.99. The van der Waals surface area contributed by atoms with Gasteiger partial charge in [-0.15, -0.1) is 5.10 Å². The Kier molecular flexibility index (Phi) is 5.09. The molecule has 0 unspecified atom stereocenters. The third-order valence-electron chi connectivity index (χ3n) is 5.76. The predicted octanol–water partition coefficient (Wildman–Crippen LogP) is 4.90. The molecular weight excluding hydrogens is 434 g/mol. The molecule has 0 bridgehead atoms. The highest BCUT2D eigenvalue weighted by molar-refractivity contribution is 7.91. The van der Waals surface area contributed by atoms with E-state index in [4.69, 9.17) is 4.98 Å². The lowest BCUT2D eigenvalue weighted by Gasteiger charge is -2.17. The Labute approximate surface area is 192 Å². The first-order valence-corrected chi connectivity index (χ1v) is 12.1. The molecule has 0 saturated heterocycles. The molecule has 1 N–H and O–H groups in total. The van der Waals surface area contributed by atoms with Crippen molar-refractivity contribution in [2.45, 2.75) is 36.7 Å². The van der Waals surface area contributed by atoms with Crippen molar-refractivity contribution in [2.24, 2.45) is 0 Å². The van der Waals surface area contributed by atoms with Crippen molar-refractivity contribution in [2.75, 3.05) is 5.32 Å². The van der Waals surface area contributed by atoms with Gasteiger partial charge in [0.05, 0.1) is 10.4 Å². The van der Waals surface area contributed by atoms with E-state index < -0.39 is 9.84 Å². The van der Waals surface area contributed by atoms with Crippen LogP contribution in [0.25, 0.3) is 16.6 Å². The van der Waals surface area contributed by atoms with Crippen molar-refractivity contribution in [3.8, 4) is 0 Å². The Balaban J connectivity index is 1.71. The normalized spacial score (nSPS) is 12.8. The fourth-order valence-electron chi connectivity index (χ4n) is 3.96. The number of aromatic nitrogens is 4. The molecular formula is C25H23N5O2S. The number of sulfone groups is 1. The smallest absolute Gasteiger partial charge is 0.229 e. The third kappa shape index (κ3) is 3.62. The Morgan fingerprint density at radius 1 is 0.939 bits per heavy atom. The van der Waals surface area contributed by atoms with Gasteiger partial charge in [0.2, 0.25) is 14.9 Å². The second kappa shape index (κ2) is 7.97. The molecule has 0 aliphatic carbocycles. The van der Waals surface area contributed by atoms with Crippen molar-refractivity contribution < 1.29 is 8.42 Å². The lowest BCUT2D eigenvalue weighted by atomic mass is 10.1. The quantitative estimate of drug-likeness (QED) is 0.404. The maximum atomic E-state index is 13.6. The first-order chi connectivity index (χ1) is 15.9. The van der Waals surface area contributed by atoms with Crippen molar-refractivity contribution in [1.82, 2.24) is 19.8 Å². The highest BCUT2D eigenvalue weighted by atomic mass is 32.2. The molecule has 0 saturated carbocycles. The summed E-state index contributed by atoms with van der Waals surface area (Å²) in [6.45, 7) is 5.68. The summed E-state index contributed by atoms with van der Waals surface area (Å²) in [4.78, 5) is 4.94. The Morgan fingerprint density at radius 3 is 2.45 bits per heavy atom. The van der Waals surface area contributed by atoms with E-state index in [0.29, 0.717) is 11.4 Å². The topological polar surface area (TPSA) is 89.2 Å². The summed E-state index contributed by atoms with van der Waals surface area (Å²) in [6.07, 6.45) is 0. The molecule has 7 nitrogen and oxygen atoms in total. The van der Waals surface area contributed by atoms with Crippen LogP contribution < -0.4 is 5.32 Å². The van der Waals surface area contributed by atoms with Gasteiger partial charge in [-0.3, -0.25) is 0 Å². The van der Waals surface area contributed by atoms with Gasteiger partial charge in [0, 0.05) is 11.4 Å². The molecule has 0 radical (unpaired) electrons. The van der Waals surface area contributed by atoms with E-state index in [1.165, 1.54) is 4.52 Å². The van der Waals surface area contributed by atoms with Gasteiger partial charge in [-0.1, -0.05) is 59.8 Å². The number of hydrogen-bond acceptors (Lipinski definition) is 6. The standard InChI is InChI=1S/C25H23N5O2S/c1-16-13-14-17(2)22(15-16)33(31,32)25-24-27-23(26-18(3)19-9-5-4-6-10-19)20-11-7-8-12-21(20)30(24)29-28-25/h4-15,18H,1-3H3,(H,26,27)/t18-/m1/s1. The van der Waals surface area contributed by atoms with Crippen LogP contribution in [-0.2, 0) is 9.84 Å². The minimum Gasteiger partial charge on any atom is -0.363 e. The maximum Gasteiger partial charge on any atom is 0.229 e. The van der Waals surface area contributed by atoms with E-state index in [0.717, 1.165) is 22.0 Å². The zero-order valence-electron chi connectivity index (χ0n) is 18.5. The average Bonchev–Trinajstić information content (AvgIpc) is 3.26. The van der Waals surface area contributed by atoms with Crippen molar-refractivity contribution in [1.29, 1.82) is 0 Å². The van der Waals surface area contributed by atoms with Crippen molar-refractivity contribution in [3.63, 3.8) is 0 Å². The van der Waals surface area contributed by atoms with Gasteiger partial charge in [0.1, 0.15) is 5.82 Å². The molecule has 2 aromatic heterocycles. The Hall–Kier alpha value is -3.78. The summed E-state index contributed by atoms with van der Waals surface area (Å²) < 4.78 is 28.7. The summed E-state index contributed by atoms with van der Waals surface area (Å²) in [7, 11) is -3.93. The number of aryl methyl sites for hydroxylation is 2. The molecule has 166 valence electrons. The SMILES string of the molecule is Cc1ccc(C)c(S(=O)(=O)c2nnn3c2nc(N[C@H](C)c2ccccc2)c2ccccc23)c1. The fraction of sp³-hybridized carbons (Fsp3) is 0.160. The highest BCUT2D eigenvalue weighted by Crippen LogP contribution is 2.31. The minimum atomic E-state index is -3.93. The molecule has 2 heterocycles. The number of nitrogens with one attached hydrogen (secondary N) is 1. The van der Waals surface area contributed by atoms with Gasteiger partial charge in [-0.2, -0.15) is 4.52 Å². The summed E-state index contributed by atoms with van der Waals surface area (Å²) in [5.74, 6) is 0.578. The van der Waals surface area contributed by atoms with Crippen LogP contribution in [0.15, 0.2) is 82.7 Å². The fourth-order valence-corrected chi connectivity index (χ4v) is 5.52. The van der Waals surface area contributed by atoms with Crippen LogP contribution in [0.5, 0.6) is 0 Å². The number of anilines is 1. The first kappa shape index (κ1) is 21.1. The molecule has 1 atom stereocenters. The molecule has 0 aliphatic heterocycles. The highest BCUT2D eigenvalue weighted by Gasteiger charge is 2.28. The molecule has 0 aliphatic rings. The maximum absolute atomic E-state index is 13.6. The number of nitrogens with zero attached hydrogens (tertiary/aromatic N) is 4. The molecule has 0 spiro atoms. The van der Waals surface area contributed by atoms with E-state index in [1.807, 2.05) is 74.5 Å². The predicted molar refractivity (Wildman–Crippen MR) is 128 cm³/mol. The van der Waals surface area contributed by atoms with Gasteiger partial charge in [0.15, 0.2) is 5.65 Å². The van der Waals surface area contributed by atoms with Gasteiger partial charge >= 0.3 is 0 Å². The summed E-state index contributed by atoms with van der Waals surface area (Å²) >= 11 is 0. The zero-order valence-corrected chi connectivity index (χ0v) is 19.3. The summed E-state index contributed by atoms with van der Waals surface area (Å²) in [5.41, 5.74) is 3.52. The largest absolute Gasteiger partial charge is 0.363 e. The number of hydrogen-bond donors (Lipinski definition) is 1. The lowest BCUT2D eigenvalue weighted by Crippen LogP contribution is -2.11. The minimum absolute atomic E-state index is 0.0421. The molecule has 0 amide bonds. The van der Waals surface area contributed by atoms with E-state index in [2.05, 4.69) is 15.6 Å². The van der Waals surface area contributed by atoms with E-state index >= 15 is 0 Å². The molecule has 33 heavy (non-hydrogen) atoms. The van der Waals surface area contributed by atoms with Crippen molar-refractivity contribution >= 4 is 32.2 Å². The number of fused-ring (bicyclic) bond motifs is 3. The zero-order chi connectivity index (χ0) is 23.2. The van der Waals surface area contributed by atoms with Crippen LogP contribution in [0.3, 0.4) is 0 Å². The van der Waals surface area contributed by atoms with Gasteiger partial charge < -0.3 is 5.32 Å². The third-order valence-corrected chi connectivity index (χ3v) is 7.55. The van der Waals surface area contributed by atoms with Crippen LogP contribution in [0.4, 0.5) is 5.82 Å². The van der Waals surface area contributed by atoms with Gasteiger partial charge in [-0.05, 0) is 55.7 Å². The lowest BCUT2D eigenvalue weighted by molar-refractivity contribution is 0.592. The second-order valence-electron chi connectivity index (χ2n) is 8.16. The van der Waals surface area contributed by atoms with Crippen LogP contribution in [0.2, 0.25) is 0 Å². The van der Waals surface area contributed by atoms with Crippen LogP contribution >= 0.6 is 0 Å². The van der Waals surface area contributed by atoms with Gasteiger partial charge in [0.25, 0.3) is 0 Å². The molecule has 8 heteroatoms. The average molecular weight is 458 g/mol. The molecule has 5 aromatic rings. The van der Waals surface area contributed by atoms with E-state index in [-0.39, 0.29) is 21.6 Å². The van der Waals surface area contributed by atoms with Crippen LogP contribution in [-0.4, -0.2) is 28.2 Å². The Bertz CT molecular complexity index is 1590. The molecule has 5 rings (SSSR count). The summed E-state index contributed by atoms with van der Waals surface area (Å²) in [6, 6.07) is 22.9. The van der Waals surface area contributed by atoms with Crippen LogP contribution in [0.1, 0.15) is 29.7 Å². The monoisotopic (exact) mass is 457 g/mol. The molecule has 3 aromatic carbocycles. The first-order valence-electron chi connectivity index (χ1n) is 10.6. The number of para-hydroxylation sites is 1. The Morgan fingerprint density at radius 2 is 1.67 bits per heavy atom. The van der Waals surface area contributed by atoms with Crippen LogP contribution in [0, 0.1) is 13.8 Å². The number of rotatable bonds is 5. The molecule has 0 fully saturated rings. The number of benzene rings is 3.